The van der Waals surface area contributed by atoms with Gasteiger partial charge in [-0.3, -0.25) is 9.73 Å². The number of nitrogens with one attached hydrogen (secondary N) is 2. The zero-order valence-electron chi connectivity index (χ0n) is 15.7. The fraction of sp³-hybridized carbons (Fsp3) is 0.150. The van der Waals surface area contributed by atoms with Gasteiger partial charge in [-0.2, -0.15) is 0 Å². The minimum absolute atomic E-state index is 0.0346. The summed E-state index contributed by atoms with van der Waals surface area (Å²) in [6, 6.07) is 11.4. The standard InChI is InChI=1S/C20H21BrF3N3OS/c1-13(25-26-14(2)20(23)24)15-5-6-16(19(22)11-15)12-27(29(3,4)28)18-9-7-17(21)8-10-18/h5-11,20,25-26H,1-3,12H2,4H3. The van der Waals surface area contributed by atoms with Crippen LogP contribution >= 0.6 is 15.9 Å². The maximum absolute atomic E-state index is 14.7. The molecule has 0 aliphatic rings. The lowest BCUT2D eigenvalue weighted by Crippen LogP contribution is -2.31. The van der Waals surface area contributed by atoms with Crippen LogP contribution in [0.4, 0.5) is 18.9 Å². The van der Waals surface area contributed by atoms with Crippen molar-refractivity contribution in [1.29, 1.82) is 0 Å². The zero-order chi connectivity index (χ0) is 21.8. The van der Waals surface area contributed by atoms with E-state index in [9.17, 15) is 17.4 Å². The van der Waals surface area contributed by atoms with E-state index >= 15 is 0 Å². The molecule has 4 nitrogen and oxygen atoms in total. The van der Waals surface area contributed by atoms with Crippen molar-refractivity contribution in [2.24, 2.45) is 0 Å². The molecule has 0 amide bonds. The summed E-state index contributed by atoms with van der Waals surface area (Å²) in [5, 5.41) is 0. The molecule has 0 heterocycles. The third-order valence-electron chi connectivity index (χ3n) is 3.93. The van der Waals surface area contributed by atoms with Crippen molar-refractivity contribution < 1.29 is 17.4 Å². The molecule has 0 aliphatic heterocycles. The fourth-order valence-electron chi connectivity index (χ4n) is 2.36. The Labute approximate surface area is 177 Å². The SMILES string of the molecule is C=C(NNC(=C)C(F)F)c1ccc(CN(c2ccc(Br)cc2)S(=C)(C)=O)c(F)c1. The van der Waals surface area contributed by atoms with E-state index in [0.29, 0.717) is 16.8 Å². The van der Waals surface area contributed by atoms with Gasteiger partial charge in [0.05, 0.1) is 17.9 Å². The Morgan fingerprint density at radius 1 is 1.17 bits per heavy atom. The first kappa shape index (κ1) is 22.9. The molecule has 29 heavy (non-hydrogen) atoms. The van der Waals surface area contributed by atoms with Gasteiger partial charge >= 0.3 is 0 Å². The number of alkyl halides is 2. The van der Waals surface area contributed by atoms with Gasteiger partial charge in [-0.15, -0.1) is 0 Å². The molecule has 1 unspecified atom stereocenters. The van der Waals surface area contributed by atoms with Gasteiger partial charge in [0.25, 0.3) is 6.43 Å². The Morgan fingerprint density at radius 3 is 2.31 bits per heavy atom. The van der Waals surface area contributed by atoms with Gasteiger partial charge in [0.15, 0.2) is 0 Å². The van der Waals surface area contributed by atoms with E-state index in [4.69, 9.17) is 0 Å². The van der Waals surface area contributed by atoms with E-state index in [1.165, 1.54) is 22.7 Å². The van der Waals surface area contributed by atoms with Crippen LogP contribution in [0.25, 0.3) is 5.70 Å². The highest BCUT2D eigenvalue weighted by Crippen LogP contribution is 2.24. The monoisotopic (exact) mass is 487 g/mol. The largest absolute Gasteiger partial charge is 0.301 e. The third kappa shape index (κ3) is 6.30. The molecule has 0 bridgehead atoms. The van der Waals surface area contributed by atoms with E-state index in [2.05, 4.69) is 45.8 Å². The number of benzene rings is 2. The van der Waals surface area contributed by atoms with Crippen molar-refractivity contribution in [2.75, 3.05) is 10.6 Å². The predicted octanol–water partition coefficient (Wildman–Crippen LogP) is 4.70. The Bertz CT molecular complexity index is 1010. The van der Waals surface area contributed by atoms with E-state index in [0.717, 1.165) is 4.47 Å². The van der Waals surface area contributed by atoms with Crippen molar-refractivity contribution in [3.8, 4) is 0 Å². The Hall–Kier alpha value is -2.39. The van der Waals surface area contributed by atoms with Crippen LogP contribution in [-0.2, 0) is 16.3 Å². The second-order valence-corrected chi connectivity index (χ2v) is 9.61. The smallest absolute Gasteiger partial charge is 0.279 e. The van der Waals surface area contributed by atoms with Gasteiger partial charge in [0, 0.05) is 37.3 Å². The summed E-state index contributed by atoms with van der Waals surface area (Å²) in [6.45, 7) is 6.88. The summed E-state index contributed by atoms with van der Waals surface area (Å²) in [5.74, 6) is 3.16. The van der Waals surface area contributed by atoms with Crippen molar-refractivity contribution >= 4 is 42.9 Å². The van der Waals surface area contributed by atoms with Crippen LogP contribution in [0.3, 0.4) is 0 Å². The molecule has 0 spiro atoms. The second-order valence-electron chi connectivity index (χ2n) is 6.33. The molecule has 0 saturated heterocycles. The number of nitrogens with zero attached hydrogens (tertiary/aromatic N) is 1. The van der Waals surface area contributed by atoms with Crippen molar-refractivity contribution in [3.63, 3.8) is 0 Å². The lowest BCUT2D eigenvalue weighted by Gasteiger charge is -2.26. The van der Waals surface area contributed by atoms with Crippen LogP contribution in [0.1, 0.15) is 11.1 Å². The average molecular weight is 488 g/mol. The van der Waals surface area contributed by atoms with Crippen molar-refractivity contribution in [3.05, 3.63) is 82.7 Å². The van der Waals surface area contributed by atoms with Gasteiger partial charge in [0.1, 0.15) is 5.82 Å². The van der Waals surface area contributed by atoms with Crippen LogP contribution in [0, 0.1) is 5.82 Å². The molecule has 156 valence electrons. The maximum Gasteiger partial charge on any atom is 0.279 e. The lowest BCUT2D eigenvalue weighted by atomic mass is 10.1. The summed E-state index contributed by atoms with van der Waals surface area (Å²) in [6.07, 6.45) is -1.26. The average Bonchev–Trinajstić information content (AvgIpc) is 2.64. The topological polar surface area (TPSA) is 44.4 Å². The quantitative estimate of drug-likeness (QED) is 0.398. The van der Waals surface area contributed by atoms with Gasteiger partial charge < -0.3 is 5.43 Å². The highest BCUT2D eigenvalue weighted by Gasteiger charge is 2.16. The minimum Gasteiger partial charge on any atom is -0.301 e. The molecule has 2 N–H and O–H groups in total. The fourth-order valence-corrected chi connectivity index (χ4v) is 3.60. The molecule has 2 aromatic rings. The number of halogens is 4. The first-order valence-electron chi connectivity index (χ1n) is 8.31. The normalized spacial score (nSPS) is 12.9. The Kier molecular flexibility index (Phi) is 7.43. The molecular formula is C20H21BrF3N3OS. The van der Waals surface area contributed by atoms with Crippen LogP contribution in [0.2, 0.25) is 0 Å². The summed E-state index contributed by atoms with van der Waals surface area (Å²) in [7, 11) is -2.67. The van der Waals surface area contributed by atoms with E-state index in [1.54, 1.807) is 30.3 Å². The molecule has 2 rings (SSSR count). The van der Waals surface area contributed by atoms with Gasteiger partial charge in [-0.25, -0.2) is 17.4 Å². The number of hydrogen-bond acceptors (Lipinski definition) is 3. The predicted molar refractivity (Wildman–Crippen MR) is 118 cm³/mol. The van der Waals surface area contributed by atoms with Gasteiger partial charge in [0.2, 0.25) is 0 Å². The van der Waals surface area contributed by atoms with Crippen molar-refractivity contribution in [1.82, 2.24) is 10.9 Å². The summed E-state index contributed by atoms with van der Waals surface area (Å²) >= 11 is 3.34. The van der Waals surface area contributed by atoms with Gasteiger partial charge in [-0.05, 0) is 36.2 Å². The van der Waals surface area contributed by atoms with Crippen LogP contribution in [0.5, 0.6) is 0 Å². The number of anilines is 1. The minimum atomic E-state index is -2.74. The van der Waals surface area contributed by atoms with Crippen LogP contribution in [-0.4, -0.2) is 22.8 Å². The molecule has 0 saturated carbocycles. The lowest BCUT2D eigenvalue weighted by molar-refractivity contribution is 0.179. The molecule has 1 atom stereocenters. The highest BCUT2D eigenvalue weighted by atomic mass is 79.9. The van der Waals surface area contributed by atoms with Crippen LogP contribution < -0.4 is 15.2 Å². The number of allylic oxidation sites excluding steroid dienone is 1. The molecule has 0 radical (unpaired) electrons. The molecule has 9 heteroatoms. The van der Waals surface area contributed by atoms with Crippen molar-refractivity contribution in [2.45, 2.75) is 13.0 Å². The first-order chi connectivity index (χ1) is 13.5. The van der Waals surface area contributed by atoms with Gasteiger partial charge in [-0.1, -0.05) is 41.2 Å². The Balaban J connectivity index is 2.21. The first-order valence-corrected chi connectivity index (χ1v) is 11.2. The summed E-state index contributed by atoms with van der Waals surface area (Å²) in [4.78, 5) is 0. The van der Waals surface area contributed by atoms with Crippen LogP contribution in [0.15, 0.2) is 65.8 Å². The zero-order valence-corrected chi connectivity index (χ0v) is 18.1. The number of hydrazine groups is 1. The highest BCUT2D eigenvalue weighted by molar-refractivity contribution is 9.10. The van der Waals surface area contributed by atoms with E-state index in [1.807, 2.05) is 0 Å². The maximum atomic E-state index is 14.7. The second kappa shape index (κ2) is 9.41. The summed E-state index contributed by atoms with van der Waals surface area (Å²) in [5.41, 5.74) is 5.65. The number of hydrogen-bond donors (Lipinski definition) is 2. The third-order valence-corrected chi connectivity index (χ3v) is 5.73. The number of rotatable bonds is 9. The molecular weight excluding hydrogens is 467 g/mol. The molecule has 0 fully saturated rings. The van der Waals surface area contributed by atoms with E-state index < -0.39 is 27.6 Å². The molecule has 0 aliphatic carbocycles. The van der Waals surface area contributed by atoms with E-state index in [-0.39, 0.29) is 12.2 Å². The summed E-state index contributed by atoms with van der Waals surface area (Å²) < 4.78 is 54.6. The molecule has 2 aromatic carbocycles. The Morgan fingerprint density at radius 2 is 1.79 bits per heavy atom. The molecule has 0 aromatic heterocycles.